The van der Waals surface area contributed by atoms with Crippen LogP contribution in [0.25, 0.3) is 0 Å². The van der Waals surface area contributed by atoms with Crippen molar-refractivity contribution in [3.8, 4) is 0 Å². The van der Waals surface area contributed by atoms with E-state index < -0.39 is 0 Å². The highest BCUT2D eigenvalue weighted by Gasteiger charge is 2.23. The van der Waals surface area contributed by atoms with Gasteiger partial charge in [-0.25, -0.2) is 0 Å². The summed E-state index contributed by atoms with van der Waals surface area (Å²) in [6.45, 7) is 7.34. The van der Waals surface area contributed by atoms with Gasteiger partial charge < -0.3 is 9.80 Å². The van der Waals surface area contributed by atoms with Crippen LogP contribution >= 0.6 is 23.2 Å². The normalized spacial score (nSPS) is 14.8. The summed E-state index contributed by atoms with van der Waals surface area (Å²) in [5.74, 6) is 0.00850. The lowest BCUT2D eigenvalue weighted by atomic mass is 10.1. The number of carbonyl (C=O) groups is 1. The molecule has 1 aliphatic rings. The number of piperazine rings is 1. The zero-order valence-corrected chi connectivity index (χ0v) is 15.4. The number of aryl methyl sites for hydroxylation is 1. The fourth-order valence-corrected chi connectivity index (χ4v) is 3.34. The summed E-state index contributed by atoms with van der Waals surface area (Å²) in [7, 11) is 0. The van der Waals surface area contributed by atoms with Crippen LogP contribution in [0.4, 0.5) is 5.69 Å². The molecule has 3 rings (SSSR count). The van der Waals surface area contributed by atoms with E-state index in [2.05, 4.69) is 36.9 Å². The van der Waals surface area contributed by atoms with Gasteiger partial charge in [-0.15, -0.1) is 0 Å². The first-order chi connectivity index (χ1) is 11.5. The van der Waals surface area contributed by atoms with E-state index >= 15 is 0 Å². The van der Waals surface area contributed by atoms with Gasteiger partial charge in [0.15, 0.2) is 0 Å². The van der Waals surface area contributed by atoms with Crippen LogP contribution in [0.3, 0.4) is 0 Å². The van der Waals surface area contributed by atoms with Gasteiger partial charge in [0, 0.05) is 37.4 Å². The van der Waals surface area contributed by atoms with E-state index in [0.717, 1.165) is 13.1 Å². The SMILES string of the molecule is Cc1cccc(N2CCN(C(=O)c3ccc(Cl)c(Cl)c3)CC2)c1C. The van der Waals surface area contributed by atoms with Crippen molar-refractivity contribution in [3.63, 3.8) is 0 Å². The number of hydrogen-bond acceptors (Lipinski definition) is 2. The Morgan fingerprint density at radius 3 is 2.33 bits per heavy atom. The first kappa shape index (κ1) is 17.1. The predicted molar refractivity (Wildman–Crippen MR) is 100 cm³/mol. The van der Waals surface area contributed by atoms with Crippen molar-refractivity contribution in [1.29, 1.82) is 0 Å². The molecule has 0 bridgehead atoms. The van der Waals surface area contributed by atoms with Gasteiger partial charge in [0.2, 0.25) is 0 Å². The summed E-state index contributed by atoms with van der Waals surface area (Å²) in [4.78, 5) is 16.9. The summed E-state index contributed by atoms with van der Waals surface area (Å²) >= 11 is 11.9. The lowest BCUT2D eigenvalue weighted by Gasteiger charge is -2.37. The Morgan fingerprint density at radius 2 is 1.67 bits per heavy atom. The van der Waals surface area contributed by atoms with Gasteiger partial charge in [-0.05, 0) is 49.2 Å². The van der Waals surface area contributed by atoms with Crippen LogP contribution in [0.1, 0.15) is 21.5 Å². The monoisotopic (exact) mass is 362 g/mol. The van der Waals surface area contributed by atoms with Gasteiger partial charge in [0.1, 0.15) is 0 Å². The molecule has 0 radical (unpaired) electrons. The van der Waals surface area contributed by atoms with Gasteiger partial charge in [-0.2, -0.15) is 0 Å². The van der Waals surface area contributed by atoms with Crippen molar-refractivity contribution in [3.05, 3.63) is 63.1 Å². The van der Waals surface area contributed by atoms with Crippen molar-refractivity contribution in [2.75, 3.05) is 31.1 Å². The van der Waals surface area contributed by atoms with E-state index in [-0.39, 0.29) is 5.91 Å². The quantitative estimate of drug-likeness (QED) is 0.780. The number of halogens is 2. The minimum atomic E-state index is 0.00850. The third kappa shape index (κ3) is 3.38. The molecule has 0 atom stereocenters. The number of nitrogens with zero attached hydrogens (tertiary/aromatic N) is 2. The second-order valence-electron chi connectivity index (χ2n) is 6.13. The Kier molecular flexibility index (Phi) is 5.02. The van der Waals surface area contributed by atoms with Crippen molar-refractivity contribution in [2.24, 2.45) is 0 Å². The molecule has 24 heavy (non-hydrogen) atoms. The van der Waals surface area contributed by atoms with E-state index in [1.54, 1.807) is 18.2 Å². The zero-order valence-electron chi connectivity index (χ0n) is 13.9. The molecule has 2 aromatic rings. The standard InChI is InChI=1S/C19H20Cl2N2O/c1-13-4-3-5-18(14(13)2)22-8-10-23(11-9-22)19(24)15-6-7-16(20)17(21)12-15/h3-7,12H,8-11H2,1-2H3. The van der Waals surface area contributed by atoms with E-state index in [1.807, 2.05) is 4.90 Å². The number of hydrogen-bond donors (Lipinski definition) is 0. The summed E-state index contributed by atoms with van der Waals surface area (Å²) in [5, 5.41) is 0.879. The van der Waals surface area contributed by atoms with Crippen molar-refractivity contribution in [2.45, 2.75) is 13.8 Å². The third-order valence-electron chi connectivity index (χ3n) is 4.65. The van der Waals surface area contributed by atoms with Gasteiger partial charge in [-0.3, -0.25) is 4.79 Å². The molecule has 0 N–H and O–H groups in total. The Morgan fingerprint density at radius 1 is 0.958 bits per heavy atom. The first-order valence-electron chi connectivity index (χ1n) is 8.03. The maximum Gasteiger partial charge on any atom is 0.254 e. The highest BCUT2D eigenvalue weighted by atomic mass is 35.5. The van der Waals surface area contributed by atoms with Crippen LogP contribution in [0.15, 0.2) is 36.4 Å². The molecule has 5 heteroatoms. The number of carbonyl (C=O) groups excluding carboxylic acids is 1. The van der Waals surface area contributed by atoms with Gasteiger partial charge in [0.05, 0.1) is 10.0 Å². The molecule has 1 aliphatic heterocycles. The van der Waals surface area contributed by atoms with Crippen molar-refractivity contribution < 1.29 is 4.79 Å². The number of anilines is 1. The van der Waals surface area contributed by atoms with Gasteiger partial charge >= 0.3 is 0 Å². The van der Waals surface area contributed by atoms with Crippen LogP contribution in [-0.4, -0.2) is 37.0 Å². The molecule has 1 heterocycles. The molecule has 0 saturated carbocycles. The highest BCUT2D eigenvalue weighted by Crippen LogP contribution is 2.26. The average Bonchev–Trinajstić information content (AvgIpc) is 2.59. The Hall–Kier alpha value is -1.71. The summed E-state index contributed by atoms with van der Waals surface area (Å²) in [5.41, 5.74) is 4.45. The smallest absolute Gasteiger partial charge is 0.254 e. The highest BCUT2D eigenvalue weighted by molar-refractivity contribution is 6.42. The first-order valence-corrected chi connectivity index (χ1v) is 8.78. The predicted octanol–water partition coefficient (Wildman–Crippen LogP) is 4.57. The van der Waals surface area contributed by atoms with Crippen LogP contribution in [-0.2, 0) is 0 Å². The zero-order chi connectivity index (χ0) is 17.3. The van der Waals surface area contributed by atoms with E-state index in [1.165, 1.54) is 16.8 Å². The summed E-state index contributed by atoms with van der Waals surface area (Å²) in [6, 6.07) is 11.4. The molecular weight excluding hydrogens is 343 g/mol. The minimum Gasteiger partial charge on any atom is -0.368 e. The largest absolute Gasteiger partial charge is 0.368 e. The molecule has 0 aromatic heterocycles. The molecule has 2 aromatic carbocycles. The lowest BCUT2D eigenvalue weighted by molar-refractivity contribution is 0.0747. The molecule has 3 nitrogen and oxygen atoms in total. The topological polar surface area (TPSA) is 23.6 Å². The lowest BCUT2D eigenvalue weighted by Crippen LogP contribution is -2.49. The van der Waals surface area contributed by atoms with Crippen LogP contribution in [0, 0.1) is 13.8 Å². The van der Waals surface area contributed by atoms with Crippen molar-refractivity contribution in [1.82, 2.24) is 4.90 Å². The number of benzene rings is 2. The van der Waals surface area contributed by atoms with Crippen LogP contribution in [0.2, 0.25) is 10.0 Å². The molecule has 126 valence electrons. The molecule has 1 fully saturated rings. The van der Waals surface area contributed by atoms with E-state index in [0.29, 0.717) is 28.7 Å². The molecular formula is C19H20Cl2N2O. The molecule has 1 amide bonds. The molecule has 1 saturated heterocycles. The van der Waals surface area contributed by atoms with Crippen LogP contribution in [0.5, 0.6) is 0 Å². The maximum absolute atomic E-state index is 12.6. The fraction of sp³-hybridized carbons (Fsp3) is 0.316. The minimum absolute atomic E-state index is 0.00850. The second kappa shape index (κ2) is 7.04. The Bertz CT molecular complexity index is 768. The van der Waals surface area contributed by atoms with Crippen molar-refractivity contribution >= 4 is 34.8 Å². The second-order valence-corrected chi connectivity index (χ2v) is 6.94. The molecule has 0 aliphatic carbocycles. The Balaban J connectivity index is 1.69. The summed E-state index contributed by atoms with van der Waals surface area (Å²) in [6.07, 6.45) is 0. The number of amides is 1. The maximum atomic E-state index is 12.6. The third-order valence-corrected chi connectivity index (χ3v) is 5.39. The molecule has 0 spiro atoms. The van der Waals surface area contributed by atoms with Gasteiger partial charge in [-0.1, -0.05) is 35.3 Å². The number of rotatable bonds is 2. The average molecular weight is 363 g/mol. The van der Waals surface area contributed by atoms with E-state index in [4.69, 9.17) is 23.2 Å². The van der Waals surface area contributed by atoms with Crippen LogP contribution < -0.4 is 4.90 Å². The summed E-state index contributed by atoms with van der Waals surface area (Å²) < 4.78 is 0. The molecule has 0 unspecified atom stereocenters. The fourth-order valence-electron chi connectivity index (χ4n) is 3.04. The Labute approximate surface area is 152 Å². The van der Waals surface area contributed by atoms with E-state index in [9.17, 15) is 4.79 Å². The van der Waals surface area contributed by atoms with Gasteiger partial charge in [0.25, 0.3) is 5.91 Å².